The number of carbonyl (C=O) groups excluding carboxylic acids is 1. The van der Waals surface area contributed by atoms with Gasteiger partial charge < -0.3 is 9.80 Å². The number of piperazine rings is 1. The molecule has 0 unspecified atom stereocenters. The quantitative estimate of drug-likeness (QED) is 0.713. The summed E-state index contributed by atoms with van der Waals surface area (Å²) in [6.07, 6.45) is 1.91. The maximum Gasteiger partial charge on any atom is 0.257 e. The van der Waals surface area contributed by atoms with Gasteiger partial charge in [0.05, 0.1) is 17.0 Å². The highest BCUT2D eigenvalue weighted by molar-refractivity contribution is 7.13. The Balaban J connectivity index is 1.65. The molecule has 1 aliphatic rings. The summed E-state index contributed by atoms with van der Waals surface area (Å²) in [5, 5.41) is 6.77. The number of amides is 1. The average Bonchev–Trinajstić information content (AvgIpc) is 3.32. The monoisotopic (exact) mass is 366 g/mol. The van der Waals surface area contributed by atoms with Crippen molar-refractivity contribution in [3.63, 3.8) is 0 Å². The lowest BCUT2D eigenvalue weighted by Crippen LogP contribution is -2.47. The van der Waals surface area contributed by atoms with Crippen molar-refractivity contribution < 1.29 is 4.79 Å². The number of benzene rings is 1. The van der Waals surface area contributed by atoms with E-state index in [0.29, 0.717) is 12.1 Å². The number of hydrogen-bond acceptors (Lipinski definition) is 4. The molecular formula is C20H22N4OS. The zero-order valence-corrected chi connectivity index (χ0v) is 15.7. The lowest BCUT2D eigenvalue weighted by atomic mass is 10.1. The van der Waals surface area contributed by atoms with E-state index in [0.717, 1.165) is 36.8 Å². The number of hydrogen-bond donors (Lipinski definition) is 0. The van der Waals surface area contributed by atoms with Gasteiger partial charge in [-0.15, -0.1) is 11.3 Å². The van der Waals surface area contributed by atoms with Crippen LogP contribution >= 0.6 is 11.3 Å². The largest absolute Gasteiger partial charge is 0.336 e. The summed E-state index contributed by atoms with van der Waals surface area (Å²) in [6.45, 7) is 4.03. The van der Waals surface area contributed by atoms with Crippen molar-refractivity contribution in [3.8, 4) is 10.6 Å². The first-order valence-electron chi connectivity index (χ1n) is 8.84. The minimum absolute atomic E-state index is 0.0841. The first kappa shape index (κ1) is 17.0. The van der Waals surface area contributed by atoms with Crippen LogP contribution in [0.1, 0.15) is 15.9 Å². The number of carbonyl (C=O) groups is 1. The molecule has 0 bridgehead atoms. The second-order valence-corrected chi connectivity index (χ2v) is 7.60. The van der Waals surface area contributed by atoms with Gasteiger partial charge in [-0.3, -0.25) is 9.48 Å². The molecule has 1 saturated heterocycles. The SMILES string of the molecule is CN1CCN(C(=O)c2cn(Cc3ccccc3)nc2-c2cccs2)CC1. The van der Waals surface area contributed by atoms with Crippen molar-refractivity contribution in [1.82, 2.24) is 19.6 Å². The van der Waals surface area contributed by atoms with Crippen LogP contribution in [-0.4, -0.2) is 58.7 Å². The second-order valence-electron chi connectivity index (χ2n) is 6.65. The Labute approximate surface area is 157 Å². The van der Waals surface area contributed by atoms with Crippen LogP contribution in [-0.2, 0) is 6.54 Å². The molecule has 0 aliphatic carbocycles. The van der Waals surface area contributed by atoms with E-state index in [2.05, 4.69) is 24.1 Å². The van der Waals surface area contributed by atoms with E-state index in [1.165, 1.54) is 5.56 Å². The minimum atomic E-state index is 0.0841. The average molecular weight is 366 g/mol. The normalized spacial score (nSPS) is 15.3. The van der Waals surface area contributed by atoms with Gasteiger partial charge in [0.25, 0.3) is 5.91 Å². The highest BCUT2D eigenvalue weighted by Crippen LogP contribution is 2.28. The summed E-state index contributed by atoms with van der Waals surface area (Å²) in [6, 6.07) is 14.2. The van der Waals surface area contributed by atoms with E-state index in [1.807, 2.05) is 51.5 Å². The molecule has 26 heavy (non-hydrogen) atoms. The maximum absolute atomic E-state index is 13.1. The van der Waals surface area contributed by atoms with E-state index < -0.39 is 0 Å². The summed E-state index contributed by atoms with van der Waals surface area (Å²) in [7, 11) is 2.09. The van der Waals surface area contributed by atoms with Gasteiger partial charge in [0.2, 0.25) is 0 Å². The molecule has 4 rings (SSSR count). The molecule has 5 nitrogen and oxygen atoms in total. The predicted molar refractivity (Wildman–Crippen MR) is 104 cm³/mol. The number of rotatable bonds is 4. The summed E-state index contributed by atoms with van der Waals surface area (Å²) >= 11 is 1.62. The molecule has 1 aliphatic heterocycles. The van der Waals surface area contributed by atoms with Crippen LogP contribution in [0.2, 0.25) is 0 Å². The van der Waals surface area contributed by atoms with Gasteiger partial charge in [-0.25, -0.2) is 0 Å². The highest BCUT2D eigenvalue weighted by atomic mass is 32.1. The molecule has 3 aromatic rings. The van der Waals surface area contributed by atoms with Crippen molar-refractivity contribution in [1.29, 1.82) is 0 Å². The Morgan fingerprint density at radius 1 is 1.08 bits per heavy atom. The van der Waals surface area contributed by atoms with Gasteiger partial charge in [-0.1, -0.05) is 36.4 Å². The lowest BCUT2D eigenvalue weighted by molar-refractivity contribution is 0.0665. The van der Waals surface area contributed by atoms with Crippen LogP contribution in [0.25, 0.3) is 10.6 Å². The zero-order valence-electron chi connectivity index (χ0n) is 14.8. The molecule has 134 valence electrons. The fraction of sp³-hybridized carbons (Fsp3) is 0.300. The molecule has 6 heteroatoms. The van der Waals surface area contributed by atoms with Gasteiger partial charge >= 0.3 is 0 Å². The third kappa shape index (κ3) is 3.57. The van der Waals surface area contributed by atoms with Crippen LogP contribution in [0.4, 0.5) is 0 Å². The molecule has 0 radical (unpaired) electrons. The van der Waals surface area contributed by atoms with Gasteiger partial charge in [0.1, 0.15) is 5.69 Å². The summed E-state index contributed by atoms with van der Waals surface area (Å²) in [5.74, 6) is 0.0841. The van der Waals surface area contributed by atoms with Gasteiger partial charge in [0, 0.05) is 32.4 Å². The smallest absolute Gasteiger partial charge is 0.257 e. The molecule has 3 heterocycles. The van der Waals surface area contributed by atoms with Gasteiger partial charge in [-0.05, 0) is 24.1 Å². The Morgan fingerprint density at radius 2 is 1.85 bits per heavy atom. The molecule has 1 aromatic carbocycles. The number of likely N-dealkylation sites (N-methyl/N-ethyl adjacent to an activating group) is 1. The summed E-state index contributed by atoms with van der Waals surface area (Å²) in [5.41, 5.74) is 2.67. The van der Waals surface area contributed by atoms with E-state index in [9.17, 15) is 4.79 Å². The van der Waals surface area contributed by atoms with E-state index in [-0.39, 0.29) is 5.91 Å². The predicted octanol–water partition coefficient (Wildman–Crippen LogP) is 3.05. The fourth-order valence-electron chi connectivity index (χ4n) is 3.20. The van der Waals surface area contributed by atoms with E-state index in [1.54, 1.807) is 11.3 Å². The van der Waals surface area contributed by atoms with Gasteiger partial charge in [-0.2, -0.15) is 5.10 Å². The molecule has 1 fully saturated rings. The van der Waals surface area contributed by atoms with Crippen molar-refractivity contribution >= 4 is 17.2 Å². The van der Waals surface area contributed by atoms with Crippen molar-refractivity contribution in [2.75, 3.05) is 33.2 Å². The van der Waals surface area contributed by atoms with Crippen molar-refractivity contribution in [2.45, 2.75) is 6.54 Å². The third-order valence-electron chi connectivity index (χ3n) is 4.72. The minimum Gasteiger partial charge on any atom is -0.336 e. The first-order valence-corrected chi connectivity index (χ1v) is 9.72. The van der Waals surface area contributed by atoms with Crippen molar-refractivity contribution in [3.05, 3.63) is 65.2 Å². The lowest BCUT2D eigenvalue weighted by Gasteiger charge is -2.32. The Morgan fingerprint density at radius 3 is 2.54 bits per heavy atom. The number of nitrogens with zero attached hydrogens (tertiary/aromatic N) is 4. The standard InChI is InChI=1S/C20H22N4OS/c1-22-9-11-23(12-10-22)20(25)17-15-24(14-16-6-3-2-4-7-16)21-19(17)18-8-5-13-26-18/h2-8,13,15H,9-12,14H2,1H3. The molecule has 0 saturated carbocycles. The van der Waals surface area contributed by atoms with Crippen LogP contribution in [0.3, 0.4) is 0 Å². The molecule has 2 aromatic heterocycles. The van der Waals surface area contributed by atoms with Crippen LogP contribution < -0.4 is 0 Å². The molecular weight excluding hydrogens is 344 g/mol. The molecule has 0 N–H and O–H groups in total. The first-order chi connectivity index (χ1) is 12.7. The van der Waals surface area contributed by atoms with Crippen LogP contribution in [0.15, 0.2) is 54.0 Å². The molecule has 0 spiro atoms. The van der Waals surface area contributed by atoms with Crippen LogP contribution in [0.5, 0.6) is 0 Å². The zero-order chi connectivity index (χ0) is 17.9. The Bertz CT molecular complexity index is 865. The van der Waals surface area contributed by atoms with E-state index in [4.69, 9.17) is 5.10 Å². The summed E-state index contributed by atoms with van der Waals surface area (Å²) < 4.78 is 1.88. The Hall–Kier alpha value is -2.44. The van der Waals surface area contributed by atoms with Crippen LogP contribution in [0, 0.1) is 0 Å². The second kappa shape index (κ2) is 7.43. The molecule has 1 amide bonds. The fourth-order valence-corrected chi connectivity index (χ4v) is 3.93. The highest BCUT2D eigenvalue weighted by Gasteiger charge is 2.25. The number of aromatic nitrogens is 2. The van der Waals surface area contributed by atoms with Gasteiger partial charge in [0.15, 0.2) is 0 Å². The summed E-state index contributed by atoms with van der Waals surface area (Å²) in [4.78, 5) is 18.4. The molecule has 0 atom stereocenters. The van der Waals surface area contributed by atoms with E-state index >= 15 is 0 Å². The third-order valence-corrected chi connectivity index (χ3v) is 5.60. The van der Waals surface area contributed by atoms with Crippen molar-refractivity contribution in [2.24, 2.45) is 0 Å². The number of thiophene rings is 1. The Kier molecular flexibility index (Phi) is 4.86. The topological polar surface area (TPSA) is 41.4 Å². The maximum atomic E-state index is 13.1.